The van der Waals surface area contributed by atoms with E-state index < -0.39 is 11.4 Å². The quantitative estimate of drug-likeness (QED) is 0.719. The lowest BCUT2D eigenvalue weighted by atomic mass is 9.95. The van der Waals surface area contributed by atoms with Crippen molar-refractivity contribution in [3.63, 3.8) is 0 Å². The van der Waals surface area contributed by atoms with Crippen LogP contribution in [0.3, 0.4) is 0 Å². The van der Waals surface area contributed by atoms with E-state index in [4.69, 9.17) is 0 Å². The maximum Gasteiger partial charge on any atom is 0.276 e. The number of hydrogen-bond acceptors (Lipinski definition) is 4. The van der Waals surface area contributed by atoms with E-state index in [1.807, 2.05) is 31.2 Å². The van der Waals surface area contributed by atoms with Crippen LogP contribution < -0.4 is 10.6 Å². The number of carbonyl (C=O) groups is 3. The van der Waals surface area contributed by atoms with Crippen LogP contribution in [0.15, 0.2) is 30.3 Å². The van der Waals surface area contributed by atoms with Gasteiger partial charge < -0.3 is 15.5 Å². The first kappa shape index (κ1) is 22.0. The van der Waals surface area contributed by atoms with Crippen molar-refractivity contribution in [3.05, 3.63) is 47.3 Å². The fraction of sp³-hybridized carbons (Fsp3) is 0.500. The van der Waals surface area contributed by atoms with Crippen LogP contribution in [0.2, 0.25) is 0 Å². The summed E-state index contributed by atoms with van der Waals surface area (Å²) in [4.78, 5) is 40.5. The minimum absolute atomic E-state index is 0.139. The number of benzene rings is 1. The fourth-order valence-corrected chi connectivity index (χ4v) is 4.43. The van der Waals surface area contributed by atoms with E-state index in [9.17, 15) is 14.4 Å². The Labute approximate surface area is 188 Å². The number of likely N-dealkylation sites (N-methyl/N-ethyl adjacent to an activating group) is 1. The third-order valence-electron chi connectivity index (χ3n) is 6.72. The second-order valence-corrected chi connectivity index (χ2v) is 9.19. The molecular formula is C24H31N5O3. The smallest absolute Gasteiger partial charge is 0.276 e. The molecule has 8 heteroatoms. The number of hydrogen-bond donors (Lipinski definition) is 2. The first-order valence-corrected chi connectivity index (χ1v) is 11.3. The van der Waals surface area contributed by atoms with Crippen LogP contribution in [0.4, 0.5) is 5.69 Å². The number of amides is 3. The predicted molar refractivity (Wildman–Crippen MR) is 121 cm³/mol. The van der Waals surface area contributed by atoms with Gasteiger partial charge in [0.25, 0.3) is 11.8 Å². The zero-order valence-electron chi connectivity index (χ0n) is 19.0. The van der Waals surface area contributed by atoms with Gasteiger partial charge in [-0.05, 0) is 38.8 Å². The molecule has 170 valence electrons. The minimum atomic E-state index is -1.08. The highest BCUT2D eigenvalue weighted by Crippen LogP contribution is 2.27. The van der Waals surface area contributed by atoms with Crippen molar-refractivity contribution < 1.29 is 14.4 Å². The second kappa shape index (κ2) is 8.76. The Morgan fingerprint density at radius 2 is 1.75 bits per heavy atom. The lowest BCUT2D eigenvalue weighted by molar-refractivity contribution is -0.133. The summed E-state index contributed by atoms with van der Waals surface area (Å²) < 4.78 is 1.49. The first-order chi connectivity index (χ1) is 15.3. The molecule has 0 saturated heterocycles. The third-order valence-corrected chi connectivity index (χ3v) is 6.72. The van der Waals surface area contributed by atoms with Gasteiger partial charge in [0, 0.05) is 24.8 Å². The fourth-order valence-electron chi connectivity index (χ4n) is 4.43. The van der Waals surface area contributed by atoms with E-state index >= 15 is 0 Å². The number of carbonyl (C=O) groups excluding carboxylic acids is 3. The van der Waals surface area contributed by atoms with Gasteiger partial charge in [-0.15, -0.1) is 0 Å². The van der Waals surface area contributed by atoms with E-state index in [1.165, 1.54) is 28.5 Å². The van der Waals surface area contributed by atoms with E-state index in [0.717, 1.165) is 31.2 Å². The van der Waals surface area contributed by atoms with E-state index in [-0.39, 0.29) is 30.1 Å². The Morgan fingerprint density at radius 1 is 1.09 bits per heavy atom. The molecule has 1 atom stereocenters. The number of nitrogens with zero attached hydrogens (tertiary/aromatic N) is 3. The minimum Gasteiger partial charge on any atom is -0.351 e. The van der Waals surface area contributed by atoms with Crippen molar-refractivity contribution >= 4 is 23.4 Å². The Hall–Kier alpha value is -3.16. The first-order valence-electron chi connectivity index (χ1n) is 11.3. The molecule has 32 heavy (non-hydrogen) atoms. The van der Waals surface area contributed by atoms with Crippen molar-refractivity contribution in [1.82, 2.24) is 20.0 Å². The van der Waals surface area contributed by atoms with Crippen molar-refractivity contribution in [1.29, 1.82) is 0 Å². The molecule has 1 aliphatic carbocycles. The molecule has 1 aromatic carbocycles. The zero-order valence-corrected chi connectivity index (χ0v) is 19.0. The van der Waals surface area contributed by atoms with Gasteiger partial charge in [-0.2, -0.15) is 5.10 Å². The zero-order chi connectivity index (χ0) is 22.9. The maximum absolute atomic E-state index is 13.3. The number of nitrogens with one attached hydrogen (secondary N) is 2. The van der Waals surface area contributed by atoms with Gasteiger partial charge >= 0.3 is 0 Å². The summed E-state index contributed by atoms with van der Waals surface area (Å²) in [7, 11) is 1.64. The van der Waals surface area contributed by atoms with Crippen LogP contribution in [-0.2, 0) is 11.3 Å². The van der Waals surface area contributed by atoms with Gasteiger partial charge in [0.15, 0.2) is 5.69 Å². The number of aryl methyl sites for hydroxylation is 1. The summed E-state index contributed by atoms with van der Waals surface area (Å²) in [5.74, 6) is -0.889. The third kappa shape index (κ3) is 4.26. The summed E-state index contributed by atoms with van der Waals surface area (Å²) >= 11 is 0. The summed E-state index contributed by atoms with van der Waals surface area (Å²) in [6.07, 6.45) is 6.56. The van der Waals surface area contributed by atoms with Gasteiger partial charge in [0.05, 0.1) is 6.54 Å². The largest absolute Gasteiger partial charge is 0.351 e. The average Bonchev–Trinajstić information content (AvgIpc) is 3.02. The monoisotopic (exact) mass is 437 g/mol. The van der Waals surface area contributed by atoms with Gasteiger partial charge in [0.2, 0.25) is 5.91 Å². The normalized spacial score (nSPS) is 21.6. The number of fused-ring (bicyclic) bond motifs is 1. The van der Waals surface area contributed by atoms with Gasteiger partial charge in [-0.1, -0.05) is 43.4 Å². The highest BCUT2D eigenvalue weighted by atomic mass is 16.2. The van der Waals surface area contributed by atoms with Gasteiger partial charge in [-0.3, -0.25) is 19.1 Å². The molecular weight excluding hydrogens is 406 g/mol. The molecule has 2 aromatic rings. The van der Waals surface area contributed by atoms with E-state index in [1.54, 1.807) is 14.0 Å². The van der Waals surface area contributed by atoms with Crippen LogP contribution in [0.1, 0.15) is 72.0 Å². The summed E-state index contributed by atoms with van der Waals surface area (Å²) in [5, 5.41) is 10.3. The molecule has 0 radical (unpaired) electrons. The molecule has 2 N–H and O–H groups in total. The molecule has 0 bridgehead atoms. The lowest BCUT2D eigenvalue weighted by Crippen LogP contribution is -2.63. The second-order valence-electron chi connectivity index (χ2n) is 9.19. The van der Waals surface area contributed by atoms with Crippen LogP contribution in [0, 0.1) is 6.92 Å². The molecule has 4 rings (SSSR count). The molecule has 0 spiro atoms. The molecule has 1 saturated carbocycles. The van der Waals surface area contributed by atoms with Crippen molar-refractivity contribution in [2.24, 2.45) is 0 Å². The van der Waals surface area contributed by atoms with Gasteiger partial charge in [-0.25, -0.2) is 0 Å². The molecule has 2 aliphatic rings. The van der Waals surface area contributed by atoms with Crippen molar-refractivity contribution in [2.45, 2.75) is 70.5 Å². The Kier molecular flexibility index (Phi) is 6.04. The molecule has 1 fully saturated rings. The van der Waals surface area contributed by atoms with E-state index in [2.05, 4.69) is 15.7 Å². The predicted octanol–water partition coefficient (Wildman–Crippen LogP) is 3.13. The molecule has 2 heterocycles. The summed E-state index contributed by atoms with van der Waals surface area (Å²) in [6, 6.07) is 9.08. The number of anilines is 1. The highest BCUT2D eigenvalue weighted by Gasteiger charge is 2.46. The lowest BCUT2D eigenvalue weighted by Gasteiger charge is -2.41. The molecule has 8 nitrogen and oxygen atoms in total. The Balaban J connectivity index is 1.52. The van der Waals surface area contributed by atoms with Gasteiger partial charge in [0.1, 0.15) is 11.2 Å². The summed E-state index contributed by atoms with van der Waals surface area (Å²) in [5.41, 5.74) is 1.13. The highest BCUT2D eigenvalue weighted by molar-refractivity contribution is 6.05. The number of rotatable bonds is 4. The van der Waals surface area contributed by atoms with Crippen LogP contribution in [0.5, 0.6) is 0 Å². The van der Waals surface area contributed by atoms with E-state index in [0.29, 0.717) is 11.4 Å². The topological polar surface area (TPSA) is 96.3 Å². The molecule has 1 aromatic heterocycles. The van der Waals surface area contributed by atoms with Crippen LogP contribution >= 0.6 is 0 Å². The molecule has 1 aliphatic heterocycles. The number of aromatic nitrogens is 2. The Morgan fingerprint density at radius 3 is 2.41 bits per heavy atom. The SMILES string of the molecule is Cc1ccc(NC(=O)c2cc3n(n2)C[C@](C)(C(=O)NC2CCCCCC2)N(C)C3=O)cc1. The molecule has 3 amide bonds. The van der Waals surface area contributed by atoms with Crippen LogP contribution in [0.25, 0.3) is 0 Å². The van der Waals surface area contributed by atoms with Crippen LogP contribution in [-0.4, -0.2) is 51.0 Å². The standard InChI is InChI=1S/C24H31N5O3/c1-16-10-12-18(13-11-16)25-21(30)19-14-20-22(31)28(3)24(2,15-29(20)27-19)23(32)26-17-8-6-4-5-7-9-17/h10-14,17H,4-9,15H2,1-3H3,(H,25,30)(H,26,32)/t24-/m1/s1. The Bertz CT molecular complexity index is 1020. The molecule has 0 unspecified atom stereocenters. The van der Waals surface area contributed by atoms with Crippen molar-refractivity contribution in [2.75, 3.05) is 12.4 Å². The summed E-state index contributed by atoms with van der Waals surface area (Å²) in [6.45, 7) is 3.93. The van der Waals surface area contributed by atoms with Crippen molar-refractivity contribution in [3.8, 4) is 0 Å². The maximum atomic E-state index is 13.3. The average molecular weight is 438 g/mol.